The molecular weight excluding hydrogens is 505 g/mol. The van der Waals surface area contributed by atoms with E-state index in [1.165, 1.54) is 24.3 Å². The number of nitrogens with two attached hydrogens (primary N) is 1. The van der Waals surface area contributed by atoms with Crippen LogP contribution in [-0.2, 0) is 16.6 Å². The summed E-state index contributed by atoms with van der Waals surface area (Å²) in [5, 5.41) is 2.97. The van der Waals surface area contributed by atoms with Gasteiger partial charge in [-0.2, -0.15) is 0 Å². The van der Waals surface area contributed by atoms with E-state index in [1.54, 1.807) is 19.1 Å². The SMILES string of the molecule is Cc1ccc(CNS(=O)(=O)c2ccc(Nc3nc(N)c(C(=O)c4c(F)cc(F)cc4F)s3)cc2)o1. The molecule has 0 radical (unpaired) electrons. The van der Waals surface area contributed by atoms with Crippen LogP contribution >= 0.6 is 11.3 Å². The van der Waals surface area contributed by atoms with Crippen LogP contribution in [0, 0.1) is 24.4 Å². The largest absolute Gasteiger partial charge is 0.465 e. The molecule has 0 aliphatic carbocycles. The van der Waals surface area contributed by atoms with Crippen molar-refractivity contribution in [2.75, 3.05) is 11.1 Å². The van der Waals surface area contributed by atoms with Crippen molar-refractivity contribution in [3.63, 3.8) is 0 Å². The normalized spacial score (nSPS) is 11.5. The predicted molar refractivity (Wildman–Crippen MR) is 123 cm³/mol. The van der Waals surface area contributed by atoms with Gasteiger partial charge in [-0.15, -0.1) is 0 Å². The zero-order chi connectivity index (χ0) is 25.3. The number of sulfonamides is 1. The number of halogens is 3. The van der Waals surface area contributed by atoms with Gasteiger partial charge in [-0.3, -0.25) is 4.79 Å². The third-order valence-electron chi connectivity index (χ3n) is 4.74. The predicted octanol–water partition coefficient (Wildman–Crippen LogP) is 4.50. The number of nitrogens with zero attached hydrogens (tertiary/aromatic N) is 1. The third kappa shape index (κ3) is 5.37. The molecule has 0 aliphatic heterocycles. The topological polar surface area (TPSA) is 127 Å². The molecule has 4 N–H and O–H groups in total. The Morgan fingerprint density at radius 1 is 1.09 bits per heavy atom. The molecule has 4 aromatic rings. The Hall–Kier alpha value is -3.68. The second kappa shape index (κ2) is 9.52. The highest BCUT2D eigenvalue weighted by atomic mass is 32.2. The maximum Gasteiger partial charge on any atom is 0.240 e. The molecule has 0 aliphatic rings. The molecule has 0 amide bonds. The van der Waals surface area contributed by atoms with E-state index in [4.69, 9.17) is 10.2 Å². The third-order valence-corrected chi connectivity index (χ3v) is 7.14. The van der Waals surface area contributed by atoms with Crippen LogP contribution in [0.25, 0.3) is 0 Å². The van der Waals surface area contributed by atoms with Crippen LogP contribution in [-0.4, -0.2) is 19.2 Å². The molecule has 0 unspecified atom stereocenters. The number of furan rings is 1. The zero-order valence-electron chi connectivity index (χ0n) is 17.9. The molecule has 0 bridgehead atoms. The van der Waals surface area contributed by atoms with Crippen molar-refractivity contribution < 1.29 is 30.8 Å². The first-order valence-corrected chi connectivity index (χ1v) is 12.2. The minimum atomic E-state index is -3.81. The number of aryl methyl sites for hydroxylation is 1. The van der Waals surface area contributed by atoms with Gasteiger partial charge in [0, 0.05) is 17.8 Å². The highest BCUT2D eigenvalue weighted by Crippen LogP contribution is 2.31. The quantitative estimate of drug-likeness (QED) is 0.291. The number of hydrogen-bond donors (Lipinski definition) is 3. The summed E-state index contributed by atoms with van der Waals surface area (Å²) in [4.78, 5) is 16.3. The maximum absolute atomic E-state index is 14.0. The lowest BCUT2D eigenvalue weighted by atomic mass is 10.1. The number of carbonyl (C=O) groups is 1. The van der Waals surface area contributed by atoms with Gasteiger partial charge < -0.3 is 15.5 Å². The van der Waals surface area contributed by atoms with Crippen molar-refractivity contribution in [1.29, 1.82) is 0 Å². The van der Waals surface area contributed by atoms with E-state index < -0.39 is 38.8 Å². The molecule has 2 heterocycles. The highest BCUT2D eigenvalue weighted by Gasteiger charge is 2.25. The van der Waals surface area contributed by atoms with Crippen LogP contribution < -0.4 is 15.8 Å². The van der Waals surface area contributed by atoms with Crippen molar-refractivity contribution >= 4 is 43.8 Å². The molecule has 0 spiro atoms. The van der Waals surface area contributed by atoms with Crippen LogP contribution in [0.4, 0.5) is 29.8 Å². The lowest BCUT2D eigenvalue weighted by Gasteiger charge is -2.07. The van der Waals surface area contributed by atoms with Crippen LogP contribution in [0.5, 0.6) is 0 Å². The first-order chi connectivity index (χ1) is 16.5. The Bertz CT molecular complexity index is 1490. The van der Waals surface area contributed by atoms with E-state index in [9.17, 15) is 26.4 Å². The van der Waals surface area contributed by atoms with Crippen molar-refractivity contribution in [1.82, 2.24) is 9.71 Å². The number of carbonyl (C=O) groups excluding carboxylic acids is 1. The van der Waals surface area contributed by atoms with Gasteiger partial charge in [-0.25, -0.2) is 31.3 Å². The smallest absolute Gasteiger partial charge is 0.240 e. The van der Waals surface area contributed by atoms with Crippen molar-refractivity contribution in [3.05, 3.63) is 87.9 Å². The van der Waals surface area contributed by atoms with Crippen LogP contribution in [0.1, 0.15) is 26.8 Å². The van der Waals surface area contributed by atoms with Gasteiger partial charge in [0.15, 0.2) is 5.13 Å². The molecule has 4 rings (SSSR count). The average molecular weight is 523 g/mol. The monoisotopic (exact) mass is 522 g/mol. The van der Waals surface area contributed by atoms with Gasteiger partial charge >= 0.3 is 0 Å². The Balaban J connectivity index is 1.48. The number of nitrogens with one attached hydrogen (secondary N) is 2. The summed E-state index contributed by atoms with van der Waals surface area (Å²) >= 11 is 0.731. The van der Waals surface area contributed by atoms with E-state index in [2.05, 4.69) is 15.0 Å². The molecule has 35 heavy (non-hydrogen) atoms. The van der Waals surface area contributed by atoms with Crippen LogP contribution in [0.2, 0.25) is 0 Å². The number of ketones is 1. The molecule has 0 saturated carbocycles. The van der Waals surface area contributed by atoms with Gasteiger partial charge in [0.2, 0.25) is 15.8 Å². The van der Waals surface area contributed by atoms with E-state index >= 15 is 0 Å². The lowest BCUT2D eigenvalue weighted by molar-refractivity contribution is 0.103. The number of benzene rings is 2. The molecule has 0 saturated heterocycles. The maximum atomic E-state index is 14.0. The standard InChI is InChI=1S/C22H17F3N4O4S2/c1-11-2-5-14(33-11)10-27-35(31,32)15-6-3-13(4-7-15)28-22-29-21(26)20(34-22)19(30)18-16(24)8-12(23)9-17(18)25/h2-9,27H,10,26H2,1H3,(H,28,29). The van der Waals surface area contributed by atoms with Gasteiger partial charge in [0.25, 0.3) is 0 Å². The number of rotatable bonds is 8. The zero-order valence-corrected chi connectivity index (χ0v) is 19.6. The number of nitrogen functional groups attached to an aromatic ring is 1. The van der Waals surface area contributed by atoms with Gasteiger partial charge in [-0.1, -0.05) is 11.3 Å². The summed E-state index contributed by atoms with van der Waals surface area (Å²) in [6.45, 7) is 1.73. The molecule has 8 nitrogen and oxygen atoms in total. The van der Waals surface area contributed by atoms with Crippen molar-refractivity contribution in [2.24, 2.45) is 0 Å². The lowest BCUT2D eigenvalue weighted by Crippen LogP contribution is -2.22. The molecule has 182 valence electrons. The van der Waals surface area contributed by atoms with E-state index in [0.717, 1.165) is 11.3 Å². The van der Waals surface area contributed by atoms with Gasteiger partial charge in [0.1, 0.15) is 39.7 Å². The Morgan fingerprint density at radius 2 is 1.74 bits per heavy atom. The minimum absolute atomic E-state index is 0.00288. The van der Waals surface area contributed by atoms with Gasteiger partial charge in [0.05, 0.1) is 17.0 Å². The molecule has 0 fully saturated rings. The van der Waals surface area contributed by atoms with E-state index in [0.29, 0.717) is 29.3 Å². The van der Waals surface area contributed by atoms with Crippen molar-refractivity contribution in [3.8, 4) is 0 Å². The summed E-state index contributed by atoms with van der Waals surface area (Å²) in [6.07, 6.45) is 0. The summed E-state index contributed by atoms with van der Waals surface area (Å²) < 4.78 is 73.9. The molecule has 2 aromatic heterocycles. The van der Waals surface area contributed by atoms with E-state index in [-0.39, 0.29) is 27.3 Å². The van der Waals surface area contributed by atoms with Gasteiger partial charge in [-0.05, 0) is 43.3 Å². The minimum Gasteiger partial charge on any atom is -0.465 e. The number of aromatic nitrogens is 1. The number of anilines is 3. The fourth-order valence-electron chi connectivity index (χ4n) is 3.09. The second-order valence-electron chi connectivity index (χ2n) is 7.29. The Labute approximate surface area is 201 Å². The second-order valence-corrected chi connectivity index (χ2v) is 10.1. The molecular formula is C22H17F3N4O4S2. The highest BCUT2D eigenvalue weighted by molar-refractivity contribution is 7.89. The fourth-order valence-corrected chi connectivity index (χ4v) is 4.94. The van der Waals surface area contributed by atoms with Crippen molar-refractivity contribution in [2.45, 2.75) is 18.4 Å². The number of hydrogen-bond acceptors (Lipinski definition) is 8. The number of thiazole rings is 1. The first kappa shape index (κ1) is 24.4. The van der Waals surface area contributed by atoms with E-state index in [1.807, 2.05) is 0 Å². The Morgan fingerprint density at radius 3 is 2.34 bits per heavy atom. The average Bonchev–Trinajstić information content (AvgIpc) is 3.36. The van der Waals surface area contributed by atoms with Crippen LogP contribution in [0.3, 0.4) is 0 Å². The fraction of sp³-hybridized carbons (Fsp3) is 0.0909. The summed E-state index contributed by atoms with van der Waals surface area (Å²) in [5.41, 5.74) is 5.22. The first-order valence-electron chi connectivity index (χ1n) is 9.91. The summed E-state index contributed by atoms with van der Waals surface area (Å²) in [7, 11) is -3.81. The Kier molecular flexibility index (Phi) is 6.65. The van der Waals surface area contributed by atoms with Crippen LogP contribution in [0.15, 0.2) is 57.8 Å². The molecule has 13 heteroatoms. The molecule has 0 atom stereocenters. The molecule has 2 aromatic carbocycles. The summed E-state index contributed by atoms with van der Waals surface area (Å²) in [5.74, 6) is -4.10. The summed E-state index contributed by atoms with van der Waals surface area (Å²) in [6, 6.07) is 9.81.